The molecule has 1 aromatic carbocycles. The molecule has 0 saturated heterocycles. The van der Waals surface area contributed by atoms with Crippen LogP contribution in [0, 0.1) is 5.92 Å². The molecular weight excluding hydrogens is 190 g/mol. The van der Waals surface area contributed by atoms with Gasteiger partial charge in [-0.15, -0.1) is 0 Å². The molecule has 3 heteroatoms. The molecule has 0 heterocycles. The minimum Gasteiger partial charge on any atom is -0.493 e. The lowest BCUT2D eigenvalue weighted by molar-refractivity contribution is 0.0859. The van der Waals surface area contributed by atoms with Gasteiger partial charge < -0.3 is 9.57 Å². The fourth-order valence-electron chi connectivity index (χ4n) is 1.43. The normalized spacial score (nSPS) is 15.3. The van der Waals surface area contributed by atoms with E-state index in [-0.39, 0.29) is 0 Å². The first-order valence-corrected chi connectivity index (χ1v) is 5.36. The van der Waals surface area contributed by atoms with Crippen molar-refractivity contribution >= 4 is 0 Å². The van der Waals surface area contributed by atoms with E-state index in [9.17, 15) is 0 Å². The van der Waals surface area contributed by atoms with Crippen LogP contribution in [-0.4, -0.2) is 13.7 Å². The third kappa shape index (κ3) is 3.22. The van der Waals surface area contributed by atoms with Crippen LogP contribution in [0.25, 0.3) is 0 Å². The van der Waals surface area contributed by atoms with Gasteiger partial charge in [-0.2, -0.15) is 5.48 Å². The van der Waals surface area contributed by atoms with Crippen molar-refractivity contribution in [3.63, 3.8) is 0 Å². The molecule has 1 saturated carbocycles. The largest absolute Gasteiger partial charge is 0.493 e. The number of hydrogen-bond donors (Lipinski definition) is 1. The number of nitrogens with one attached hydrogen (secondary N) is 1. The summed E-state index contributed by atoms with van der Waals surface area (Å²) in [5.74, 6) is 1.75. The van der Waals surface area contributed by atoms with E-state index in [1.165, 1.54) is 12.8 Å². The molecular formula is C12H17NO2. The van der Waals surface area contributed by atoms with Gasteiger partial charge in [-0.1, -0.05) is 18.2 Å². The summed E-state index contributed by atoms with van der Waals surface area (Å²) in [6.07, 6.45) is 2.64. The summed E-state index contributed by atoms with van der Waals surface area (Å²) in [5.41, 5.74) is 3.97. The maximum atomic E-state index is 5.76. The monoisotopic (exact) mass is 207 g/mol. The van der Waals surface area contributed by atoms with Gasteiger partial charge in [0.25, 0.3) is 0 Å². The molecule has 1 N–H and O–H groups in total. The van der Waals surface area contributed by atoms with E-state index in [0.29, 0.717) is 6.54 Å². The van der Waals surface area contributed by atoms with Crippen LogP contribution < -0.4 is 10.2 Å². The Morgan fingerprint density at radius 2 is 2.13 bits per heavy atom. The van der Waals surface area contributed by atoms with Crippen molar-refractivity contribution in [3.8, 4) is 5.75 Å². The van der Waals surface area contributed by atoms with E-state index < -0.39 is 0 Å². The van der Waals surface area contributed by atoms with Crippen molar-refractivity contribution in [2.45, 2.75) is 19.4 Å². The zero-order valence-corrected chi connectivity index (χ0v) is 9.03. The third-order valence-electron chi connectivity index (χ3n) is 2.55. The molecule has 0 spiro atoms. The van der Waals surface area contributed by atoms with E-state index in [2.05, 4.69) is 5.48 Å². The van der Waals surface area contributed by atoms with Crippen LogP contribution >= 0.6 is 0 Å². The lowest BCUT2D eigenvalue weighted by atomic mass is 10.2. The summed E-state index contributed by atoms with van der Waals surface area (Å²) in [5, 5.41) is 0. The average Bonchev–Trinajstić information content (AvgIpc) is 3.08. The number of para-hydroxylation sites is 1. The number of benzene rings is 1. The quantitative estimate of drug-likeness (QED) is 0.725. The summed E-state index contributed by atoms with van der Waals surface area (Å²) < 4.78 is 5.76. The molecule has 1 aliphatic rings. The molecule has 1 aromatic rings. The van der Waals surface area contributed by atoms with Gasteiger partial charge in [-0.05, 0) is 24.8 Å². The summed E-state index contributed by atoms with van der Waals surface area (Å²) in [7, 11) is 1.62. The second-order valence-corrected chi connectivity index (χ2v) is 3.89. The Labute approximate surface area is 90.3 Å². The second kappa shape index (κ2) is 5.14. The van der Waals surface area contributed by atoms with Gasteiger partial charge in [0.2, 0.25) is 0 Å². The summed E-state index contributed by atoms with van der Waals surface area (Å²) in [6.45, 7) is 1.53. The van der Waals surface area contributed by atoms with Crippen molar-refractivity contribution in [3.05, 3.63) is 29.8 Å². The van der Waals surface area contributed by atoms with Crippen molar-refractivity contribution in [2.24, 2.45) is 5.92 Å². The maximum absolute atomic E-state index is 5.76. The zero-order chi connectivity index (χ0) is 10.5. The van der Waals surface area contributed by atoms with Crippen LogP contribution in [0.1, 0.15) is 18.4 Å². The van der Waals surface area contributed by atoms with Crippen molar-refractivity contribution in [2.75, 3.05) is 13.7 Å². The van der Waals surface area contributed by atoms with E-state index in [1.807, 2.05) is 24.3 Å². The highest BCUT2D eigenvalue weighted by Gasteiger charge is 2.22. The summed E-state index contributed by atoms with van der Waals surface area (Å²) >= 11 is 0. The van der Waals surface area contributed by atoms with Crippen LogP contribution in [0.15, 0.2) is 24.3 Å². The predicted octanol–water partition coefficient (Wildman–Crippen LogP) is 2.13. The van der Waals surface area contributed by atoms with Crippen molar-refractivity contribution < 1.29 is 9.57 Å². The van der Waals surface area contributed by atoms with Crippen molar-refractivity contribution in [1.29, 1.82) is 0 Å². The van der Waals surface area contributed by atoms with Gasteiger partial charge in [0, 0.05) is 12.1 Å². The Morgan fingerprint density at radius 1 is 1.33 bits per heavy atom. The third-order valence-corrected chi connectivity index (χ3v) is 2.55. The zero-order valence-electron chi connectivity index (χ0n) is 9.03. The molecule has 3 nitrogen and oxygen atoms in total. The fourth-order valence-corrected chi connectivity index (χ4v) is 1.43. The highest BCUT2D eigenvalue weighted by molar-refractivity contribution is 5.33. The molecule has 82 valence electrons. The molecule has 0 radical (unpaired) electrons. The van der Waals surface area contributed by atoms with E-state index >= 15 is 0 Å². The average molecular weight is 207 g/mol. The Hall–Kier alpha value is -1.06. The van der Waals surface area contributed by atoms with Gasteiger partial charge in [-0.3, -0.25) is 0 Å². The van der Waals surface area contributed by atoms with E-state index in [0.717, 1.165) is 23.8 Å². The van der Waals surface area contributed by atoms with Gasteiger partial charge in [0.05, 0.1) is 13.7 Å². The molecule has 0 atom stereocenters. The molecule has 1 fully saturated rings. The molecule has 0 bridgehead atoms. The molecule has 0 unspecified atom stereocenters. The Morgan fingerprint density at radius 3 is 2.87 bits per heavy atom. The Bertz CT molecular complexity index is 310. The number of rotatable bonds is 6. The van der Waals surface area contributed by atoms with Gasteiger partial charge in [-0.25, -0.2) is 0 Å². The second-order valence-electron chi connectivity index (χ2n) is 3.89. The number of hydrogen-bond acceptors (Lipinski definition) is 3. The highest BCUT2D eigenvalue weighted by atomic mass is 16.6. The SMILES string of the molecule is CONCc1ccccc1OCC1CC1. The first-order chi connectivity index (χ1) is 7.40. The fraction of sp³-hybridized carbons (Fsp3) is 0.500. The lowest BCUT2D eigenvalue weighted by Crippen LogP contribution is -2.12. The number of hydroxylamine groups is 1. The van der Waals surface area contributed by atoms with E-state index in [1.54, 1.807) is 7.11 Å². The number of ether oxygens (including phenoxy) is 1. The van der Waals surface area contributed by atoms with Crippen molar-refractivity contribution in [1.82, 2.24) is 5.48 Å². The smallest absolute Gasteiger partial charge is 0.123 e. The van der Waals surface area contributed by atoms with Crippen LogP contribution in [-0.2, 0) is 11.4 Å². The van der Waals surface area contributed by atoms with Gasteiger partial charge >= 0.3 is 0 Å². The minimum absolute atomic E-state index is 0.678. The minimum atomic E-state index is 0.678. The Kier molecular flexibility index (Phi) is 3.59. The summed E-state index contributed by atoms with van der Waals surface area (Å²) in [6, 6.07) is 8.07. The molecule has 1 aliphatic carbocycles. The highest BCUT2D eigenvalue weighted by Crippen LogP contribution is 2.30. The van der Waals surface area contributed by atoms with Crippen LogP contribution in [0.4, 0.5) is 0 Å². The first kappa shape index (κ1) is 10.5. The predicted molar refractivity (Wildman–Crippen MR) is 58.5 cm³/mol. The Balaban J connectivity index is 1.93. The van der Waals surface area contributed by atoms with Crippen LogP contribution in [0.2, 0.25) is 0 Å². The van der Waals surface area contributed by atoms with E-state index in [4.69, 9.17) is 9.57 Å². The van der Waals surface area contributed by atoms with Gasteiger partial charge in [0.1, 0.15) is 5.75 Å². The van der Waals surface area contributed by atoms with Crippen LogP contribution in [0.3, 0.4) is 0 Å². The molecule has 0 aliphatic heterocycles. The van der Waals surface area contributed by atoms with Crippen LogP contribution in [0.5, 0.6) is 5.75 Å². The standard InChI is InChI=1S/C12H17NO2/c1-14-13-8-11-4-2-3-5-12(11)15-9-10-6-7-10/h2-5,10,13H,6-9H2,1H3. The molecule has 0 amide bonds. The molecule has 0 aromatic heterocycles. The maximum Gasteiger partial charge on any atom is 0.123 e. The molecule has 2 rings (SSSR count). The topological polar surface area (TPSA) is 30.5 Å². The lowest BCUT2D eigenvalue weighted by Gasteiger charge is -2.10. The van der Waals surface area contributed by atoms with Gasteiger partial charge in [0.15, 0.2) is 0 Å². The first-order valence-electron chi connectivity index (χ1n) is 5.36. The summed E-state index contributed by atoms with van der Waals surface area (Å²) in [4.78, 5) is 4.83. The molecule has 15 heavy (non-hydrogen) atoms.